The Morgan fingerprint density at radius 2 is 1.67 bits per heavy atom. The topological polar surface area (TPSA) is 76.1 Å². The third-order valence-electron chi connectivity index (χ3n) is 5.92. The first kappa shape index (κ1) is 25.0. The van der Waals surface area contributed by atoms with E-state index in [-0.39, 0.29) is 11.3 Å². The number of Topliss-reactive ketones (excluding diaryl/α,β-unsaturated/α-hetero) is 1. The molecule has 1 amide bonds. The number of ether oxygens (including phenoxy) is 2. The van der Waals surface area contributed by atoms with Crippen LogP contribution in [0.15, 0.2) is 78.4 Å². The van der Waals surface area contributed by atoms with Crippen LogP contribution in [0.2, 0.25) is 0 Å². The highest BCUT2D eigenvalue weighted by Gasteiger charge is 2.47. The maximum absolute atomic E-state index is 13.4. The van der Waals surface area contributed by atoms with E-state index in [1.165, 1.54) is 4.90 Å². The third-order valence-corrected chi connectivity index (χ3v) is 5.92. The first-order chi connectivity index (χ1) is 17.3. The molecule has 1 aliphatic rings. The molecule has 6 nitrogen and oxygen atoms in total. The summed E-state index contributed by atoms with van der Waals surface area (Å²) in [5.41, 5.74) is 2.71. The number of aliphatic hydroxyl groups is 1. The molecule has 186 valence electrons. The molecule has 0 saturated carbocycles. The number of carbonyl (C=O) groups is 2. The van der Waals surface area contributed by atoms with Gasteiger partial charge < -0.3 is 14.6 Å². The van der Waals surface area contributed by atoms with Gasteiger partial charge in [-0.25, -0.2) is 0 Å². The van der Waals surface area contributed by atoms with Crippen molar-refractivity contribution in [3.63, 3.8) is 0 Å². The van der Waals surface area contributed by atoms with Crippen molar-refractivity contribution >= 4 is 23.1 Å². The van der Waals surface area contributed by atoms with Crippen molar-refractivity contribution in [2.24, 2.45) is 5.92 Å². The average molecular weight is 486 g/mol. The number of aryl methyl sites for hydroxylation is 1. The average Bonchev–Trinajstić information content (AvgIpc) is 3.13. The Labute approximate surface area is 211 Å². The number of amides is 1. The van der Waals surface area contributed by atoms with Crippen LogP contribution < -0.4 is 14.4 Å². The van der Waals surface area contributed by atoms with Gasteiger partial charge in [0.1, 0.15) is 17.3 Å². The van der Waals surface area contributed by atoms with Crippen LogP contribution in [0.4, 0.5) is 5.69 Å². The van der Waals surface area contributed by atoms with E-state index in [4.69, 9.17) is 9.47 Å². The predicted octanol–water partition coefficient (Wildman–Crippen LogP) is 6.05. The van der Waals surface area contributed by atoms with E-state index in [9.17, 15) is 14.7 Å². The van der Waals surface area contributed by atoms with Gasteiger partial charge >= 0.3 is 0 Å². The molecule has 4 rings (SSSR count). The van der Waals surface area contributed by atoms with Gasteiger partial charge in [0.15, 0.2) is 0 Å². The minimum Gasteiger partial charge on any atom is -0.507 e. The zero-order chi connectivity index (χ0) is 25.8. The highest BCUT2D eigenvalue weighted by Crippen LogP contribution is 2.42. The van der Waals surface area contributed by atoms with Crippen LogP contribution in [0.1, 0.15) is 43.5 Å². The number of carbonyl (C=O) groups excluding carboxylic acids is 2. The summed E-state index contributed by atoms with van der Waals surface area (Å²) >= 11 is 0. The molecule has 1 aliphatic heterocycles. The second-order valence-electron chi connectivity index (χ2n) is 9.24. The summed E-state index contributed by atoms with van der Waals surface area (Å²) in [6.45, 7) is 9.00. The summed E-state index contributed by atoms with van der Waals surface area (Å²) in [4.78, 5) is 28.2. The molecule has 3 aromatic rings. The fourth-order valence-electron chi connectivity index (χ4n) is 4.28. The summed E-state index contributed by atoms with van der Waals surface area (Å²) in [6.07, 6.45) is 0. The van der Waals surface area contributed by atoms with Crippen LogP contribution in [0.5, 0.6) is 11.5 Å². The van der Waals surface area contributed by atoms with Gasteiger partial charge in [0.05, 0.1) is 24.8 Å². The second kappa shape index (κ2) is 10.7. The Balaban J connectivity index is 1.82. The zero-order valence-electron chi connectivity index (χ0n) is 21.0. The van der Waals surface area contributed by atoms with E-state index in [0.717, 1.165) is 11.1 Å². The van der Waals surface area contributed by atoms with Gasteiger partial charge in [-0.15, -0.1) is 0 Å². The van der Waals surface area contributed by atoms with Gasteiger partial charge in [0.25, 0.3) is 11.7 Å². The molecule has 0 radical (unpaired) electrons. The molecule has 0 aromatic heterocycles. The van der Waals surface area contributed by atoms with Crippen LogP contribution in [-0.4, -0.2) is 30.0 Å². The van der Waals surface area contributed by atoms with E-state index in [2.05, 4.69) is 13.8 Å². The lowest BCUT2D eigenvalue weighted by atomic mass is 9.94. The lowest BCUT2D eigenvalue weighted by Gasteiger charge is -2.26. The number of hydrogen-bond donors (Lipinski definition) is 1. The lowest BCUT2D eigenvalue weighted by molar-refractivity contribution is -0.132. The highest BCUT2D eigenvalue weighted by molar-refractivity contribution is 6.51. The van der Waals surface area contributed by atoms with Gasteiger partial charge in [-0.2, -0.15) is 0 Å². The van der Waals surface area contributed by atoms with Crippen LogP contribution in [-0.2, 0) is 9.59 Å². The standard InChI is InChI=1S/C30H31NO5/c1-5-35-25-11-7-10-22(17-25)28(32)26-27(21-9-6-8-20(4)16-21)31(30(34)29(26)33)23-12-14-24(15-13-23)36-18-19(2)3/h6-17,19,27,32H,5,18H2,1-4H3/b28-26-. The number of aliphatic hydroxyl groups excluding tert-OH is 1. The van der Waals surface area contributed by atoms with Crippen molar-refractivity contribution in [2.45, 2.75) is 33.7 Å². The van der Waals surface area contributed by atoms with E-state index in [1.807, 2.05) is 38.1 Å². The second-order valence-corrected chi connectivity index (χ2v) is 9.24. The molecule has 1 unspecified atom stereocenters. The van der Waals surface area contributed by atoms with E-state index < -0.39 is 17.7 Å². The number of ketones is 1. The summed E-state index contributed by atoms with van der Waals surface area (Å²) in [7, 11) is 0. The molecule has 0 spiro atoms. The molecule has 36 heavy (non-hydrogen) atoms. The van der Waals surface area contributed by atoms with Gasteiger partial charge in [-0.05, 0) is 61.7 Å². The van der Waals surface area contributed by atoms with Crippen molar-refractivity contribution < 1.29 is 24.2 Å². The molecule has 1 N–H and O–H groups in total. The molecule has 0 aliphatic carbocycles. The van der Waals surface area contributed by atoms with Gasteiger partial charge in [0.2, 0.25) is 0 Å². The predicted molar refractivity (Wildman–Crippen MR) is 140 cm³/mol. The Morgan fingerprint density at radius 3 is 2.33 bits per heavy atom. The summed E-state index contributed by atoms with van der Waals surface area (Å²) in [5, 5.41) is 11.3. The molecule has 6 heteroatoms. The minimum absolute atomic E-state index is 0.0411. The Morgan fingerprint density at radius 1 is 0.944 bits per heavy atom. The molecule has 1 saturated heterocycles. The number of hydrogen-bond acceptors (Lipinski definition) is 5. The normalized spacial score (nSPS) is 17.0. The largest absolute Gasteiger partial charge is 0.507 e. The quantitative estimate of drug-likeness (QED) is 0.239. The van der Waals surface area contributed by atoms with E-state index in [1.54, 1.807) is 48.5 Å². The van der Waals surface area contributed by atoms with Crippen molar-refractivity contribution in [1.29, 1.82) is 0 Å². The van der Waals surface area contributed by atoms with Crippen molar-refractivity contribution in [3.8, 4) is 11.5 Å². The van der Waals surface area contributed by atoms with Crippen LogP contribution in [0, 0.1) is 12.8 Å². The molecule has 3 aromatic carbocycles. The Bertz CT molecular complexity index is 1290. The first-order valence-electron chi connectivity index (χ1n) is 12.1. The van der Waals surface area contributed by atoms with Gasteiger partial charge in [0, 0.05) is 11.3 Å². The summed E-state index contributed by atoms with van der Waals surface area (Å²) < 4.78 is 11.3. The smallest absolute Gasteiger partial charge is 0.300 e. The molecule has 1 atom stereocenters. The van der Waals surface area contributed by atoms with Gasteiger partial charge in [-0.3, -0.25) is 14.5 Å². The maximum Gasteiger partial charge on any atom is 0.300 e. The first-order valence-corrected chi connectivity index (χ1v) is 12.1. The van der Waals surface area contributed by atoms with Crippen LogP contribution in [0.3, 0.4) is 0 Å². The van der Waals surface area contributed by atoms with E-state index in [0.29, 0.717) is 41.9 Å². The van der Waals surface area contributed by atoms with Crippen molar-refractivity contribution in [2.75, 3.05) is 18.1 Å². The van der Waals surface area contributed by atoms with Crippen molar-refractivity contribution in [1.82, 2.24) is 0 Å². The van der Waals surface area contributed by atoms with Gasteiger partial charge in [-0.1, -0.05) is 55.8 Å². The van der Waals surface area contributed by atoms with Crippen LogP contribution in [0.25, 0.3) is 5.76 Å². The fourth-order valence-corrected chi connectivity index (χ4v) is 4.28. The fraction of sp³-hybridized carbons (Fsp3) is 0.267. The monoisotopic (exact) mass is 485 g/mol. The Hall–Kier alpha value is -4.06. The highest BCUT2D eigenvalue weighted by atomic mass is 16.5. The number of anilines is 1. The summed E-state index contributed by atoms with van der Waals surface area (Å²) in [6, 6.07) is 20.8. The number of rotatable bonds is 8. The number of nitrogens with zero attached hydrogens (tertiary/aromatic N) is 1. The molecule has 1 fully saturated rings. The van der Waals surface area contributed by atoms with Crippen LogP contribution >= 0.6 is 0 Å². The molecule has 1 heterocycles. The van der Waals surface area contributed by atoms with Crippen molar-refractivity contribution in [3.05, 3.63) is 95.1 Å². The third kappa shape index (κ3) is 5.13. The van der Waals surface area contributed by atoms with E-state index >= 15 is 0 Å². The maximum atomic E-state index is 13.4. The lowest BCUT2D eigenvalue weighted by Crippen LogP contribution is -2.29. The summed E-state index contributed by atoms with van der Waals surface area (Å²) in [5.74, 6) is -0.0320. The molecular weight excluding hydrogens is 454 g/mol. The SMILES string of the molecule is CCOc1cccc(/C(O)=C2/C(=O)C(=O)N(c3ccc(OCC(C)C)cc3)C2c2cccc(C)c2)c1. The molecular formula is C30H31NO5. The Kier molecular flexibility index (Phi) is 7.44. The minimum atomic E-state index is -0.789. The zero-order valence-corrected chi connectivity index (χ0v) is 21.0. The molecule has 0 bridgehead atoms. The number of benzene rings is 3.